The van der Waals surface area contributed by atoms with Crippen molar-refractivity contribution in [3.63, 3.8) is 0 Å². The molecule has 0 unspecified atom stereocenters. The minimum Gasteiger partial charge on any atom is -0.355 e. The molecule has 186 valence electrons. The normalized spacial score (nSPS) is 12.3. The van der Waals surface area contributed by atoms with Gasteiger partial charge in [-0.3, -0.25) is 4.79 Å². The van der Waals surface area contributed by atoms with Gasteiger partial charge in [0.2, 0.25) is 5.91 Å². The summed E-state index contributed by atoms with van der Waals surface area (Å²) in [6.07, 6.45) is 4.43. The zero-order chi connectivity index (χ0) is 24.8. The average Bonchev–Trinajstić information content (AvgIpc) is 2.92. The highest BCUT2D eigenvalue weighted by Crippen LogP contribution is 2.48. The predicted molar refractivity (Wildman–Crippen MR) is 150 cm³/mol. The first-order valence-corrected chi connectivity index (χ1v) is 13.6. The van der Waals surface area contributed by atoms with E-state index in [2.05, 4.69) is 107 Å². The molecule has 0 spiro atoms. The maximum Gasteiger partial charge on any atom is 0.238 e. The van der Waals surface area contributed by atoms with Gasteiger partial charge in [0.1, 0.15) is 0 Å². The van der Waals surface area contributed by atoms with E-state index in [1.54, 1.807) is 0 Å². The molecule has 0 fully saturated rings. The van der Waals surface area contributed by atoms with Crippen LogP contribution in [0.1, 0.15) is 42.4 Å². The summed E-state index contributed by atoms with van der Waals surface area (Å²) in [5, 5.41) is 9.15. The topological polar surface area (TPSA) is 53.2 Å². The second-order valence-electron chi connectivity index (χ2n) is 8.73. The maximum absolute atomic E-state index is 12.2. The molecule has 0 aliphatic heterocycles. The highest BCUT2D eigenvalue weighted by molar-refractivity contribution is 8.00. The Morgan fingerprint density at radius 1 is 0.743 bits per heavy atom. The molecule has 0 saturated heterocycles. The Morgan fingerprint density at radius 3 is 1.69 bits per heavy atom. The second-order valence-corrected chi connectivity index (χ2v) is 10.0. The number of nitrogens with one attached hydrogen (secondary N) is 3. The molecule has 0 heterocycles. The smallest absolute Gasteiger partial charge is 0.238 e. The second kappa shape index (κ2) is 14.7. The minimum absolute atomic E-state index is 0.0655. The van der Waals surface area contributed by atoms with Crippen LogP contribution < -0.4 is 16.0 Å². The number of carbonyl (C=O) groups is 1. The van der Waals surface area contributed by atoms with Gasteiger partial charge in [-0.2, -0.15) is 0 Å². The summed E-state index contributed by atoms with van der Waals surface area (Å²) < 4.78 is -0.243. The van der Waals surface area contributed by atoms with Gasteiger partial charge in [0, 0.05) is 13.1 Å². The van der Waals surface area contributed by atoms with Gasteiger partial charge in [0.05, 0.1) is 10.8 Å². The zero-order valence-electron chi connectivity index (χ0n) is 21.0. The molecule has 3 rings (SSSR count). The third kappa shape index (κ3) is 7.44. The van der Waals surface area contributed by atoms with Crippen molar-refractivity contribution in [2.75, 3.05) is 32.9 Å². The molecule has 0 bridgehead atoms. The lowest BCUT2D eigenvalue weighted by Crippen LogP contribution is -2.48. The number of amides is 1. The molecule has 3 N–H and O–H groups in total. The molecule has 35 heavy (non-hydrogen) atoms. The molecule has 1 amide bonds. The number of thioether (sulfide) groups is 1. The molecule has 4 nitrogen and oxygen atoms in total. The number of carbonyl (C=O) groups excluding carboxylic acids is 1. The van der Waals surface area contributed by atoms with E-state index in [1.807, 2.05) is 25.9 Å². The summed E-state index contributed by atoms with van der Waals surface area (Å²) in [6, 6.07) is 32.4. The lowest BCUT2D eigenvalue weighted by Gasteiger charge is -2.35. The monoisotopic (exact) mass is 489 g/mol. The number of hydrogen-bond acceptors (Lipinski definition) is 4. The van der Waals surface area contributed by atoms with E-state index in [4.69, 9.17) is 0 Å². The van der Waals surface area contributed by atoms with E-state index in [1.165, 1.54) is 16.7 Å². The van der Waals surface area contributed by atoms with Gasteiger partial charge in [-0.25, -0.2) is 0 Å². The Bertz CT molecular complexity index is 886. The summed E-state index contributed by atoms with van der Waals surface area (Å²) in [7, 11) is 3.68. The molecule has 0 radical (unpaired) electrons. The fourth-order valence-electron chi connectivity index (χ4n) is 4.44. The van der Waals surface area contributed by atoms with Gasteiger partial charge in [-0.1, -0.05) is 104 Å². The molecule has 0 aliphatic rings. The lowest BCUT2D eigenvalue weighted by molar-refractivity contribution is -0.122. The van der Waals surface area contributed by atoms with Crippen LogP contribution in [0.15, 0.2) is 91.0 Å². The van der Waals surface area contributed by atoms with Crippen molar-refractivity contribution >= 4 is 17.7 Å². The largest absolute Gasteiger partial charge is 0.355 e. The van der Waals surface area contributed by atoms with Crippen LogP contribution in [-0.2, 0) is 9.54 Å². The zero-order valence-corrected chi connectivity index (χ0v) is 21.8. The van der Waals surface area contributed by atoms with Crippen LogP contribution in [0.4, 0.5) is 0 Å². The molecule has 3 aromatic carbocycles. The fourth-order valence-corrected chi connectivity index (χ4v) is 6.00. The highest BCUT2D eigenvalue weighted by atomic mass is 32.2. The van der Waals surface area contributed by atoms with Crippen LogP contribution in [0.5, 0.6) is 0 Å². The molecule has 0 saturated carbocycles. The number of hydrogen-bond donors (Lipinski definition) is 3. The van der Waals surface area contributed by atoms with Gasteiger partial charge in [-0.15, -0.1) is 11.8 Å². The Labute approximate surface area is 215 Å². The van der Waals surface area contributed by atoms with E-state index < -0.39 is 0 Å². The minimum atomic E-state index is -0.243. The summed E-state index contributed by atoms with van der Waals surface area (Å²) in [6.45, 7) is 1.36. The Hall–Kier alpha value is -2.60. The molecule has 0 aromatic heterocycles. The molecule has 0 aliphatic carbocycles. The van der Waals surface area contributed by atoms with Crippen molar-refractivity contribution in [3.05, 3.63) is 108 Å². The lowest BCUT2D eigenvalue weighted by atomic mass is 9.84. The van der Waals surface area contributed by atoms with Crippen LogP contribution in [0.25, 0.3) is 0 Å². The molecule has 3 aromatic rings. The van der Waals surface area contributed by atoms with Crippen molar-refractivity contribution in [2.45, 2.75) is 36.5 Å². The van der Waals surface area contributed by atoms with Crippen molar-refractivity contribution in [2.24, 2.45) is 0 Å². The van der Waals surface area contributed by atoms with E-state index in [9.17, 15) is 4.79 Å². The van der Waals surface area contributed by atoms with E-state index in [0.717, 1.165) is 38.0 Å². The first-order chi connectivity index (χ1) is 17.2. The molecular formula is C30H39N3OS. The van der Waals surface area contributed by atoms with Crippen LogP contribution in [0, 0.1) is 0 Å². The average molecular weight is 490 g/mol. The third-order valence-corrected chi connectivity index (χ3v) is 7.94. The number of unbranched alkanes of at least 4 members (excludes halogenated alkanes) is 3. The van der Waals surface area contributed by atoms with E-state index in [0.29, 0.717) is 6.54 Å². The van der Waals surface area contributed by atoms with Crippen LogP contribution in [0.2, 0.25) is 0 Å². The van der Waals surface area contributed by atoms with Crippen molar-refractivity contribution in [1.82, 2.24) is 16.0 Å². The summed E-state index contributed by atoms with van der Waals surface area (Å²) in [5.74, 6) is 1.13. The Kier molecular flexibility index (Phi) is 11.4. The maximum atomic E-state index is 12.2. The van der Waals surface area contributed by atoms with Gasteiger partial charge in [0.25, 0.3) is 0 Å². The van der Waals surface area contributed by atoms with Crippen LogP contribution >= 0.6 is 11.8 Å². The first-order valence-electron chi connectivity index (χ1n) is 12.6. The SMILES string of the molecule is CNC[C@H](NC)C(=O)NCCCCCCSC(c1ccccc1)(c1ccccc1)c1ccccc1. The standard InChI is InChI=1S/C30H39N3OS/c1-31-24-28(32-2)29(34)33-22-14-3-4-15-23-35-30(25-16-8-5-9-17-25,26-18-10-6-11-19-26)27-20-12-7-13-21-27/h5-13,16-21,28,31-32H,3-4,14-15,22-24H2,1-2H3,(H,33,34)/t28-/m0/s1. The van der Waals surface area contributed by atoms with Gasteiger partial charge < -0.3 is 16.0 Å². The number of benzene rings is 3. The highest BCUT2D eigenvalue weighted by Gasteiger charge is 2.36. The van der Waals surface area contributed by atoms with Gasteiger partial charge >= 0.3 is 0 Å². The van der Waals surface area contributed by atoms with Crippen LogP contribution in [-0.4, -0.2) is 44.9 Å². The quantitative estimate of drug-likeness (QED) is 0.203. The molecule has 1 atom stereocenters. The van der Waals surface area contributed by atoms with E-state index in [-0.39, 0.29) is 16.7 Å². The number of rotatable bonds is 15. The number of likely N-dealkylation sites (N-methyl/N-ethyl adjacent to an activating group) is 2. The van der Waals surface area contributed by atoms with E-state index >= 15 is 0 Å². The summed E-state index contributed by atoms with van der Waals surface area (Å²) in [5.41, 5.74) is 3.93. The van der Waals surface area contributed by atoms with Gasteiger partial charge in [-0.05, 0) is 49.4 Å². The fraction of sp³-hybridized carbons (Fsp3) is 0.367. The van der Waals surface area contributed by atoms with Crippen molar-refractivity contribution in [3.8, 4) is 0 Å². The molecular weight excluding hydrogens is 450 g/mol. The Morgan fingerprint density at radius 2 is 1.23 bits per heavy atom. The van der Waals surface area contributed by atoms with Gasteiger partial charge in [0.15, 0.2) is 0 Å². The van der Waals surface area contributed by atoms with Crippen molar-refractivity contribution < 1.29 is 4.79 Å². The molecule has 5 heteroatoms. The predicted octanol–water partition coefficient (Wildman–Crippen LogP) is 5.20. The summed E-state index contributed by atoms with van der Waals surface area (Å²) >= 11 is 2.02. The summed E-state index contributed by atoms with van der Waals surface area (Å²) in [4.78, 5) is 12.2. The van der Waals surface area contributed by atoms with Crippen molar-refractivity contribution in [1.29, 1.82) is 0 Å². The first kappa shape index (κ1) is 27.0. The third-order valence-electron chi connectivity index (χ3n) is 6.30. The Balaban J connectivity index is 1.60. The van der Waals surface area contributed by atoms with Crippen LogP contribution in [0.3, 0.4) is 0 Å².